The smallest absolute Gasteiger partial charge is 0.0991 e. The minimum atomic E-state index is 0.633. The summed E-state index contributed by atoms with van der Waals surface area (Å²) >= 11 is 1.87. The Bertz CT molecular complexity index is 3440. The third kappa shape index (κ3) is 7.64. The van der Waals surface area contributed by atoms with E-state index in [-0.39, 0.29) is 0 Å². The molecule has 0 atom stereocenters. The van der Waals surface area contributed by atoms with Gasteiger partial charge in [0, 0.05) is 54.8 Å². The van der Waals surface area contributed by atoms with E-state index in [4.69, 9.17) is 9.97 Å². The monoisotopic (exact) mass is 844 g/mol. The van der Waals surface area contributed by atoms with Gasteiger partial charge in [-0.2, -0.15) is 10.5 Å². The topological polar surface area (TPSA) is 73.4 Å². The van der Waals surface area contributed by atoms with Crippen LogP contribution in [0.5, 0.6) is 0 Å². The Kier molecular flexibility index (Phi) is 10.1. The lowest BCUT2D eigenvalue weighted by Crippen LogP contribution is -1.88. The van der Waals surface area contributed by atoms with E-state index in [2.05, 4.69) is 158 Å². The second-order valence-corrected chi connectivity index (χ2v) is 17.0. The maximum atomic E-state index is 9.21. The van der Waals surface area contributed by atoms with E-state index in [1.165, 1.54) is 36.9 Å². The highest BCUT2D eigenvalue weighted by molar-refractivity contribution is 7.26. The molecule has 8 aromatic carbocycles. The van der Waals surface area contributed by atoms with Gasteiger partial charge in [-0.1, -0.05) is 152 Å². The van der Waals surface area contributed by atoms with Gasteiger partial charge in [0.05, 0.1) is 34.7 Å². The number of aromatic nitrogens is 2. The number of fused-ring (bicyclic) bond motifs is 3. The standard InChI is InChI=1S/C60H36N4S/c61-35-39-12-16-46(17-13-39)57-30-28-48(37-63-57)41-20-24-43(25-21-41)50-32-51(44-26-22-42(23-27-44)49-29-31-58(64-38-49)47-18-14-40(36-62)15-19-47)34-52(33-50)54-9-5-11-56-55-10-4-8-53(59(55)65-60(54)56)45-6-2-1-3-7-45/h1-34,37-38H. The molecule has 0 radical (unpaired) electrons. The number of hydrogen-bond donors (Lipinski definition) is 0. The third-order valence-electron chi connectivity index (χ3n) is 12.1. The summed E-state index contributed by atoms with van der Waals surface area (Å²) in [5, 5.41) is 20.9. The second kappa shape index (κ2) is 16.9. The Morgan fingerprint density at radius 3 is 1.11 bits per heavy atom. The van der Waals surface area contributed by atoms with Crippen LogP contribution in [0, 0.1) is 22.7 Å². The summed E-state index contributed by atoms with van der Waals surface area (Å²) in [5.41, 5.74) is 18.6. The van der Waals surface area contributed by atoms with E-state index < -0.39 is 0 Å². The van der Waals surface area contributed by atoms with Crippen molar-refractivity contribution in [2.24, 2.45) is 0 Å². The highest BCUT2D eigenvalue weighted by Gasteiger charge is 2.16. The minimum Gasteiger partial charge on any atom is -0.256 e. The average molecular weight is 845 g/mol. The third-order valence-corrected chi connectivity index (χ3v) is 13.4. The van der Waals surface area contributed by atoms with Crippen molar-refractivity contribution in [1.29, 1.82) is 10.5 Å². The first-order chi connectivity index (χ1) is 32.1. The number of thiophene rings is 1. The summed E-state index contributed by atoms with van der Waals surface area (Å²) in [7, 11) is 0. The van der Waals surface area contributed by atoms with Crippen molar-refractivity contribution in [1.82, 2.24) is 9.97 Å². The molecular formula is C60H36N4S. The highest BCUT2D eigenvalue weighted by atomic mass is 32.1. The molecule has 65 heavy (non-hydrogen) atoms. The molecule has 0 saturated heterocycles. The summed E-state index contributed by atoms with van der Waals surface area (Å²) in [4.78, 5) is 9.54. The van der Waals surface area contributed by atoms with Crippen LogP contribution in [0.15, 0.2) is 219 Å². The van der Waals surface area contributed by atoms with Crippen LogP contribution in [0.1, 0.15) is 11.1 Å². The van der Waals surface area contributed by atoms with Crippen LogP contribution >= 0.6 is 11.3 Å². The fraction of sp³-hybridized carbons (Fsp3) is 0. The Labute approximate surface area is 381 Å². The van der Waals surface area contributed by atoms with E-state index >= 15 is 0 Å². The van der Waals surface area contributed by atoms with Gasteiger partial charge in [-0.3, -0.25) is 9.97 Å². The van der Waals surface area contributed by atoms with Crippen molar-refractivity contribution in [3.8, 4) is 101 Å². The predicted octanol–water partition coefficient (Wildman–Crippen LogP) is 15.9. The molecule has 0 spiro atoms. The Hall–Kier alpha value is -8.74. The summed E-state index contributed by atoms with van der Waals surface area (Å²) < 4.78 is 2.57. The second-order valence-electron chi connectivity index (χ2n) is 16.0. The summed E-state index contributed by atoms with van der Waals surface area (Å²) in [6.45, 7) is 0. The molecule has 3 aromatic heterocycles. The van der Waals surface area contributed by atoms with E-state index in [1.807, 2.05) is 84.4 Å². The van der Waals surface area contributed by atoms with Gasteiger partial charge >= 0.3 is 0 Å². The van der Waals surface area contributed by atoms with Gasteiger partial charge in [-0.25, -0.2) is 0 Å². The summed E-state index contributed by atoms with van der Waals surface area (Å²) in [6, 6.07) is 76.2. The molecule has 0 fully saturated rings. The molecule has 0 N–H and O–H groups in total. The molecule has 0 saturated carbocycles. The zero-order valence-electron chi connectivity index (χ0n) is 35.0. The van der Waals surface area contributed by atoms with Crippen LogP contribution in [0.3, 0.4) is 0 Å². The van der Waals surface area contributed by atoms with E-state index in [0.717, 1.165) is 72.6 Å². The van der Waals surface area contributed by atoms with Gasteiger partial charge in [0.1, 0.15) is 0 Å². The molecule has 0 bridgehead atoms. The number of nitrogens with zero attached hydrogens (tertiary/aromatic N) is 4. The maximum absolute atomic E-state index is 9.21. The van der Waals surface area contributed by atoms with Crippen molar-refractivity contribution < 1.29 is 0 Å². The molecule has 5 heteroatoms. The molecule has 0 amide bonds. The van der Waals surface area contributed by atoms with Gasteiger partial charge in [0.2, 0.25) is 0 Å². The van der Waals surface area contributed by atoms with Gasteiger partial charge in [0.25, 0.3) is 0 Å². The molecule has 3 heterocycles. The molecule has 11 rings (SSSR count). The molecule has 4 nitrogen and oxygen atoms in total. The van der Waals surface area contributed by atoms with Gasteiger partial charge in [0.15, 0.2) is 0 Å². The lowest BCUT2D eigenvalue weighted by Gasteiger charge is -2.13. The zero-order chi connectivity index (χ0) is 43.7. The van der Waals surface area contributed by atoms with Crippen LogP contribution in [0.4, 0.5) is 0 Å². The number of pyridine rings is 2. The van der Waals surface area contributed by atoms with Crippen LogP contribution < -0.4 is 0 Å². The fourth-order valence-corrected chi connectivity index (χ4v) is 9.99. The maximum Gasteiger partial charge on any atom is 0.0991 e. The van der Waals surface area contributed by atoms with E-state index in [1.54, 1.807) is 0 Å². The van der Waals surface area contributed by atoms with Crippen molar-refractivity contribution in [3.63, 3.8) is 0 Å². The number of benzene rings is 8. The first-order valence-corrected chi connectivity index (χ1v) is 22.2. The average Bonchev–Trinajstić information content (AvgIpc) is 3.78. The van der Waals surface area contributed by atoms with Crippen molar-refractivity contribution >= 4 is 31.5 Å². The molecule has 11 aromatic rings. The van der Waals surface area contributed by atoms with Gasteiger partial charge < -0.3 is 0 Å². The lowest BCUT2D eigenvalue weighted by molar-refractivity contribution is 1.32. The van der Waals surface area contributed by atoms with Crippen LogP contribution in [-0.2, 0) is 0 Å². The fourth-order valence-electron chi connectivity index (χ4n) is 8.62. The quantitative estimate of drug-likeness (QED) is 0.153. The Morgan fingerprint density at radius 2 is 0.692 bits per heavy atom. The molecule has 302 valence electrons. The summed E-state index contributed by atoms with van der Waals surface area (Å²) in [5.74, 6) is 0. The Balaban J connectivity index is 0.968. The zero-order valence-corrected chi connectivity index (χ0v) is 35.8. The van der Waals surface area contributed by atoms with Crippen molar-refractivity contribution in [2.75, 3.05) is 0 Å². The molecule has 0 aliphatic carbocycles. The first-order valence-electron chi connectivity index (χ1n) is 21.4. The van der Waals surface area contributed by atoms with E-state index in [0.29, 0.717) is 11.1 Å². The number of nitriles is 2. The number of rotatable bonds is 8. The minimum absolute atomic E-state index is 0.633. The molecular weight excluding hydrogens is 809 g/mol. The number of hydrogen-bond acceptors (Lipinski definition) is 5. The largest absolute Gasteiger partial charge is 0.256 e. The molecule has 0 unspecified atom stereocenters. The Morgan fingerprint density at radius 1 is 0.308 bits per heavy atom. The summed E-state index contributed by atoms with van der Waals surface area (Å²) in [6.07, 6.45) is 3.83. The van der Waals surface area contributed by atoms with Gasteiger partial charge in [-0.05, 0) is 110 Å². The van der Waals surface area contributed by atoms with Crippen LogP contribution in [0.25, 0.3) is 109 Å². The molecule has 0 aliphatic rings. The molecule has 0 aliphatic heterocycles. The highest BCUT2D eigenvalue weighted by Crippen LogP contribution is 2.45. The van der Waals surface area contributed by atoms with Gasteiger partial charge in [-0.15, -0.1) is 11.3 Å². The van der Waals surface area contributed by atoms with Crippen LogP contribution in [0.2, 0.25) is 0 Å². The normalized spacial score (nSPS) is 11.0. The first kappa shape index (κ1) is 39.1. The van der Waals surface area contributed by atoms with Crippen molar-refractivity contribution in [3.05, 3.63) is 230 Å². The SMILES string of the molecule is N#Cc1ccc(-c2ccc(-c3ccc(-c4cc(-c5ccc(-c6ccc(-c7ccc(C#N)cc7)nc6)cc5)cc(-c5cccc6c5sc5c(-c7ccccc7)cccc56)c4)cc3)cn2)cc1. The predicted molar refractivity (Wildman–Crippen MR) is 268 cm³/mol. The lowest BCUT2D eigenvalue weighted by atomic mass is 9.91. The van der Waals surface area contributed by atoms with E-state index in [9.17, 15) is 10.5 Å². The van der Waals surface area contributed by atoms with Crippen molar-refractivity contribution in [2.45, 2.75) is 0 Å². The van der Waals surface area contributed by atoms with Crippen LogP contribution in [-0.4, -0.2) is 9.97 Å².